The first kappa shape index (κ1) is 11.8. The maximum Gasteiger partial charge on any atom is 0.323 e. The van der Waals surface area contributed by atoms with Crippen LogP contribution in [0.25, 0.3) is 0 Å². The predicted octanol–water partition coefficient (Wildman–Crippen LogP) is 1.49. The average molecular weight is 211 g/mol. The molecule has 1 heterocycles. The number of furan rings is 1. The van der Waals surface area contributed by atoms with Crippen molar-refractivity contribution in [1.29, 1.82) is 0 Å². The lowest BCUT2D eigenvalue weighted by molar-refractivity contribution is -0.156. The Morgan fingerprint density at radius 3 is 2.73 bits per heavy atom. The number of hydrogen-bond donors (Lipinski definition) is 1. The fraction of sp³-hybridized carbons (Fsp3) is 0.545. The minimum absolute atomic E-state index is 0.363. The van der Waals surface area contributed by atoms with Crippen LogP contribution >= 0.6 is 0 Å². The van der Waals surface area contributed by atoms with E-state index >= 15 is 0 Å². The number of nitrogens with two attached hydrogens (primary N) is 1. The summed E-state index contributed by atoms with van der Waals surface area (Å²) in [5, 5.41) is 0. The Morgan fingerprint density at radius 2 is 2.27 bits per heavy atom. The first-order valence-electron chi connectivity index (χ1n) is 4.89. The first-order chi connectivity index (χ1) is 6.88. The zero-order valence-electron chi connectivity index (χ0n) is 9.32. The molecule has 0 aliphatic rings. The molecule has 1 aromatic heterocycles. The monoisotopic (exact) mass is 211 g/mol. The van der Waals surface area contributed by atoms with E-state index in [0.29, 0.717) is 12.2 Å². The molecule has 0 bridgehead atoms. The van der Waals surface area contributed by atoms with E-state index in [2.05, 4.69) is 0 Å². The third-order valence-corrected chi connectivity index (χ3v) is 1.71. The third-order valence-electron chi connectivity index (χ3n) is 1.71. The van der Waals surface area contributed by atoms with Gasteiger partial charge in [0.2, 0.25) is 0 Å². The van der Waals surface area contributed by atoms with Crippen molar-refractivity contribution >= 4 is 5.97 Å². The molecule has 0 radical (unpaired) electrons. The lowest BCUT2D eigenvalue weighted by Crippen LogP contribution is -2.38. The van der Waals surface area contributed by atoms with E-state index in [-0.39, 0.29) is 0 Å². The second-order valence-electron chi connectivity index (χ2n) is 4.42. The summed E-state index contributed by atoms with van der Waals surface area (Å²) in [6.45, 7) is 5.43. The Morgan fingerprint density at radius 1 is 1.60 bits per heavy atom. The summed E-state index contributed by atoms with van der Waals surface area (Å²) < 4.78 is 10.2. The van der Waals surface area contributed by atoms with Gasteiger partial charge in [0.15, 0.2) is 0 Å². The minimum Gasteiger partial charge on any atom is -0.469 e. The molecule has 0 saturated heterocycles. The molecular formula is C11H17NO3. The van der Waals surface area contributed by atoms with E-state index in [0.717, 1.165) is 0 Å². The van der Waals surface area contributed by atoms with Gasteiger partial charge in [0.25, 0.3) is 0 Å². The van der Waals surface area contributed by atoms with Crippen molar-refractivity contribution in [3.8, 4) is 0 Å². The maximum atomic E-state index is 11.5. The third kappa shape index (κ3) is 4.16. The molecule has 1 rings (SSSR count). The lowest BCUT2D eigenvalue weighted by Gasteiger charge is -2.21. The lowest BCUT2D eigenvalue weighted by atomic mass is 10.1. The molecule has 2 N–H and O–H groups in total. The van der Waals surface area contributed by atoms with Gasteiger partial charge in [-0.2, -0.15) is 0 Å². The highest BCUT2D eigenvalue weighted by molar-refractivity contribution is 5.76. The van der Waals surface area contributed by atoms with Crippen molar-refractivity contribution in [3.63, 3.8) is 0 Å². The average Bonchev–Trinajstić information content (AvgIpc) is 2.53. The Bertz CT molecular complexity index is 311. The Balaban J connectivity index is 2.47. The number of esters is 1. The van der Waals surface area contributed by atoms with Crippen molar-refractivity contribution < 1.29 is 13.9 Å². The second kappa shape index (κ2) is 4.49. The molecule has 0 aliphatic heterocycles. The summed E-state index contributed by atoms with van der Waals surface area (Å²) in [5.41, 5.74) is 5.18. The smallest absolute Gasteiger partial charge is 0.323 e. The van der Waals surface area contributed by atoms with Crippen LogP contribution in [0.1, 0.15) is 26.5 Å². The summed E-state index contributed by atoms with van der Waals surface area (Å²) >= 11 is 0. The summed E-state index contributed by atoms with van der Waals surface area (Å²) in [6, 6.07) is 2.87. The van der Waals surface area contributed by atoms with E-state index in [1.54, 1.807) is 18.4 Å². The van der Waals surface area contributed by atoms with Crippen molar-refractivity contribution in [3.05, 3.63) is 24.2 Å². The molecule has 0 spiro atoms. The quantitative estimate of drug-likeness (QED) is 0.769. The van der Waals surface area contributed by atoms with Crippen molar-refractivity contribution in [2.24, 2.45) is 5.73 Å². The number of hydrogen-bond acceptors (Lipinski definition) is 4. The molecular weight excluding hydrogens is 194 g/mol. The predicted molar refractivity (Wildman–Crippen MR) is 56.2 cm³/mol. The molecule has 15 heavy (non-hydrogen) atoms. The molecule has 0 aliphatic carbocycles. The summed E-state index contributed by atoms with van der Waals surface area (Å²) in [5.74, 6) is 0.284. The zero-order chi connectivity index (χ0) is 11.5. The largest absolute Gasteiger partial charge is 0.469 e. The number of carbonyl (C=O) groups excluding carboxylic acids is 1. The van der Waals surface area contributed by atoms with Gasteiger partial charge in [0.1, 0.15) is 17.4 Å². The van der Waals surface area contributed by atoms with Crippen LogP contribution in [-0.2, 0) is 16.0 Å². The first-order valence-corrected chi connectivity index (χ1v) is 4.89. The molecule has 0 fully saturated rings. The van der Waals surface area contributed by atoms with Gasteiger partial charge < -0.3 is 14.9 Å². The van der Waals surface area contributed by atoms with Crippen molar-refractivity contribution in [1.82, 2.24) is 0 Å². The number of carbonyl (C=O) groups is 1. The van der Waals surface area contributed by atoms with Gasteiger partial charge in [-0.25, -0.2) is 0 Å². The van der Waals surface area contributed by atoms with Crippen molar-refractivity contribution in [2.75, 3.05) is 0 Å². The van der Waals surface area contributed by atoms with Crippen molar-refractivity contribution in [2.45, 2.75) is 38.8 Å². The highest BCUT2D eigenvalue weighted by Gasteiger charge is 2.22. The van der Waals surface area contributed by atoms with Crippen LogP contribution in [0.5, 0.6) is 0 Å². The fourth-order valence-corrected chi connectivity index (χ4v) is 1.11. The van der Waals surface area contributed by atoms with E-state index in [1.165, 1.54) is 0 Å². The topological polar surface area (TPSA) is 65.5 Å². The van der Waals surface area contributed by atoms with Crippen LogP contribution in [0.2, 0.25) is 0 Å². The number of rotatable bonds is 3. The minimum atomic E-state index is -0.671. The highest BCUT2D eigenvalue weighted by atomic mass is 16.6. The van der Waals surface area contributed by atoms with Gasteiger partial charge in [0.05, 0.1) is 6.26 Å². The molecule has 1 atom stereocenters. The van der Waals surface area contributed by atoms with E-state index in [4.69, 9.17) is 14.9 Å². The SMILES string of the molecule is CC(C)(C)OC(=O)[C@H](N)Cc1ccco1. The molecule has 0 aromatic carbocycles. The zero-order valence-corrected chi connectivity index (χ0v) is 9.32. The standard InChI is InChI=1S/C11H17NO3/c1-11(2,3)15-10(13)9(12)7-8-5-4-6-14-8/h4-6,9H,7,12H2,1-3H3/t9-/m1/s1. The van der Waals surface area contributed by atoms with E-state index in [1.807, 2.05) is 20.8 Å². The normalized spacial score (nSPS) is 13.6. The maximum absolute atomic E-state index is 11.5. The van der Waals surface area contributed by atoms with E-state index in [9.17, 15) is 4.79 Å². The van der Waals surface area contributed by atoms with E-state index < -0.39 is 17.6 Å². The molecule has 4 heteroatoms. The summed E-state index contributed by atoms with van der Waals surface area (Å²) in [4.78, 5) is 11.5. The van der Waals surface area contributed by atoms with Crippen LogP contribution in [0.15, 0.2) is 22.8 Å². The van der Waals surface area contributed by atoms with Gasteiger partial charge in [-0.15, -0.1) is 0 Å². The van der Waals surface area contributed by atoms with Crippen LogP contribution < -0.4 is 5.73 Å². The van der Waals surface area contributed by atoms with Crippen LogP contribution in [0.3, 0.4) is 0 Å². The Kier molecular flexibility index (Phi) is 3.52. The highest BCUT2D eigenvalue weighted by Crippen LogP contribution is 2.10. The summed E-state index contributed by atoms with van der Waals surface area (Å²) in [7, 11) is 0. The van der Waals surface area contributed by atoms with Gasteiger partial charge in [-0.05, 0) is 32.9 Å². The molecule has 4 nitrogen and oxygen atoms in total. The van der Waals surface area contributed by atoms with Crippen LogP contribution in [0, 0.1) is 0 Å². The van der Waals surface area contributed by atoms with Gasteiger partial charge >= 0.3 is 5.97 Å². The number of ether oxygens (including phenoxy) is 1. The van der Waals surface area contributed by atoms with Gasteiger partial charge in [-0.3, -0.25) is 4.79 Å². The Labute approximate surface area is 89.4 Å². The Hall–Kier alpha value is -1.29. The molecule has 0 saturated carbocycles. The van der Waals surface area contributed by atoms with Crippen LogP contribution in [0.4, 0.5) is 0 Å². The van der Waals surface area contributed by atoms with Gasteiger partial charge in [0, 0.05) is 6.42 Å². The summed E-state index contributed by atoms with van der Waals surface area (Å²) in [6.07, 6.45) is 1.92. The molecule has 0 amide bonds. The van der Waals surface area contributed by atoms with Gasteiger partial charge in [-0.1, -0.05) is 0 Å². The second-order valence-corrected chi connectivity index (χ2v) is 4.42. The molecule has 1 aromatic rings. The molecule has 84 valence electrons. The molecule has 0 unspecified atom stereocenters. The fourth-order valence-electron chi connectivity index (χ4n) is 1.11. The van der Waals surface area contributed by atoms with Crippen LogP contribution in [-0.4, -0.2) is 17.6 Å².